The van der Waals surface area contributed by atoms with Gasteiger partial charge in [-0.25, -0.2) is 4.98 Å². The van der Waals surface area contributed by atoms with Crippen LogP contribution in [0.15, 0.2) is 42.7 Å². The number of aromatic nitrogens is 5. The average Bonchev–Trinajstić information content (AvgIpc) is 3.25. The van der Waals surface area contributed by atoms with Crippen LogP contribution >= 0.6 is 0 Å². The largest absolute Gasteiger partial charge is 0.362 e. The molecule has 4 heterocycles. The van der Waals surface area contributed by atoms with Gasteiger partial charge in [-0.3, -0.25) is 14.5 Å². The number of pyridine rings is 1. The number of piperazine rings is 1. The Morgan fingerprint density at radius 1 is 1.03 bits per heavy atom. The number of carbonyl (C=O) groups excluding carboxylic acids is 1. The van der Waals surface area contributed by atoms with E-state index in [0.717, 1.165) is 27.5 Å². The standard InChI is InChI=1S/C24H28N8O/c1-15(2)32-22-20(13-26-32)28-24(31-10-9-30(4)21(33)14-31)29-23(22)27-16(3)18-11-17-7-5-6-8-19(17)25-12-18/h5-8,11-13,15-16H,9-10,14H2,1-4H3,(H,27,28,29)/t16-/m1/s1. The van der Waals surface area contributed by atoms with E-state index in [9.17, 15) is 4.79 Å². The Balaban J connectivity index is 1.54. The van der Waals surface area contributed by atoms with Crippen molar-refractivity contribution in [3.05, 3.63) is 48.3 Å². The molecule has 1 aliphatic heterocycles. The molecule has 1 amide bonds. The normalized spacial score (nSPS) is 15.6. The summed E-state index contributed by atoms with van der Waals surface area (Å²) in [6.07, 6.45) is 3.67. The van der Waals surface area contributed by atoms with Crippen LogP contribution in [0.25, 0.3) is 21.9 Å². The molecule has 1 atom stereocenters. The van der Waals surface area contributed by atoms with Crippen molar-refractivity contribution in [1.82, 2.24) is 29.6 Å². The van der Waals surface area contributed by atoms with E-state index in [2.05, 4.69) is 48.3 Å². The summed E-state index contributed by atoms with van der Waals surface area (Å²) in [5.74, 6) is 1.31. The molecule has 0 aliphatic carbocycles. The Kier molecular flexibility index (Phi) is 5.32. The van der Waals surface area contributed by atoms with Crippen molar-refractivity contribution in [3.63, 3.8) is 0 Å². The van der Waals surface area contributed by atoms with Crippen LogP contribution in [0.4, 0.5) is 11.8 Å². The first-order chi connectivity index (χ1) is 15.9. The van der Waals surface area contributed by atoms with E-state index < -0.39 is 0 Å². The number of likely N-dealkylation sites (N-methyl/N-ethyl adjacent to an activating group) is 1. The predicted octanol–water partition coefficient (Wildman–Crippen LogP) is 3.41. The lowest BCUT2D eigenvalue weighted by atomic mass is 10.1. The number of fused-ring (bicyclic) bond motifs is 2. The molecule has 4 aromatic rings. The minimum absolute atomic E-state index is 0.0438. The first kappa shape index (κ1) is 21.1. The van der Waals surface area contributed by atoms with Gasteiger partial charge >= 0.3 is 0 Å². The lowest BCUT2D eigenvalue weighted by molar-refractivity contribution is -0.129. The van der Waals surface area contributed by atoms with Crippen LogP contribution in [0.3, 0.4) is 0 Å². The van der Waals surface area contributed by atoms with Gasteiger partial charge in [0.2, 0.25) is 11.9 Å². The van der Waals surface area contributed by atoms with E-state index in [4.69, 9.17) is 9.97 Å². The second-order valence-electron chi connectivity index (χ2n) is 8.85. The van der Waals surface area contributed by atoms with Crippen LogP contribution in [-0.4, -0.2) is 62.2 Å². The number of amides is 1. The Morgan fingerprint density at radius 3 is 2.64 bits per heavy atom. The minimum atomic E-state index is -0.0438. The van der Waals surface area contributed by atoms with E-state index in [1.165, 1.54) is 0 Å². The average molecular weight is 445 g/mol. The molecule has 170 valence electrons. The minimum Gasteiger partial charge on any atom is -0.362 e. The van der Waals surface area contributed by atoms with Gasteiger partial charge in [0.15, 0.2) is 5.82 Å². The molecular formula is C24H28N8O. The second-order valence-corrected chi connectivity index (χ2v) is 8.85. The Labute approximate surface area is 192 Å². The van der Waals surface area contributed by atoms with Crippen LogP contribution in [0.1, 0.15) is 38.4 Å². The first-order valence-corrected chi connectivity index (χ1v) is 11.3. The number of anilines is 2. The van der Waals surface area contributed by atoms with Crippen molar-refractivity contribution in [3.8, 4) is 0 Å². The SMILES string of the molecule is CC(C)n1ncc2nc(N3CCN(C)C(=O)C3)nc(N[C@H](C)c3cnc4ccccc4c3)c21. The first-order valence-electron chi connectivity index (χ1n) is 11.3. The van der Waals surface area contributed by atoms with E-state index in [1.807, 2.05) is 41.0 Å². The van der Waals surface area contributed by atoms with Crippen molar-refractivity contribution in [2.75, 3.05) is 36.9 Å². The van der Waals surface area contributed by atoms with E-state index in [-0.39, 0.29) is 24.5 Å². The zero-order valence-corrected chi connectivity index (χ0v) is 19.4. The zero-order valence-electron chi connectivity index (χ0n) is 19.4. The molecule has 33 heavy (non-hydrogen) atoms. The number of hydrogen-bond acceptors (Lipinski definition) is 7. The third-order valence-electron chi connectivity index (χ3n) is 6.13. The number of nitrogens with one attached hydrogen (secondary N) is 1. The molecule has 0 bridgehead atoms. The summed E-state index contributed by atoms with van der Waals surface area (Å²) in [5, 5.41) is 9.23. The Morgan fingerprint density at radius 2 is 1.85 bits per heavy atom. The van der Waals surface area contributed by atoms with Crippen LogP contribution < -0.4 is 10.2 Å². The summed E-state index contributed by atoms with van der Waals surface area (Å²) in [4.78, 5) is 30.2. The van der Waals surface area contributed by atoms with Crippen molar-refractivity contribution in [1.29, 1.82) is 0 Å². The second kappa shape index (κ2) is 8.31. The Hall–Kier alpha value is -3.75. The van der Waals surface area contributed by atoms with Crippen molar-refractivity contribution < 1.29 is 4.79 Å². The molecule has 0 spiro atoms. The van der Waals surface area contributed by atoms with Crippen molar-refractivity contribution in [2.45, 2.75) is 32.9 Å². The highest BCUT2D eigenvalue weighted by Gasteiger charge is 2.25. The third kappa shape index (κ3) is 3.94. The van der Waals surface area contributed by atoms with Gasteiger partial charge in [-0.15, -0.1) is 0 Å². The molecule has 1 N–H and O–H groups in total. The molecule has 1 fully saturated rings. The molecular weight excluding hydrogens is 416 g/mol. The molecule has 9 nitrogen and oxygen atoms in total. The maximum Gasteiger partial charge on any atom is 0.242 e. The van der Waals surface area contributed by atoms with Gasteiger partial charge in [-0.05, 0) is 38.5 Å². The zero-order chi connectivity index (χ0) is 23.1. The molecule has 5 rings (SSSR count). The number of carbonyl (C=O) groups is 1. The number of para-hydroxylation sites is 1. The van der Waals surface area contributed by atoms with Gasteiger partial charge in [-0.1, -0.05) is 18.2 Å². The van der Waals surface area contributed by atoms with Gasteiger partial charge < -0.3 is 15.1 Å². The van der Waals surface area contributed by atoms with Crippen LogP contribution in [0.5, 0.6) is 0 Å². The lowest BCUT2D eigenvalue weighted by Crippen LogP contribution is -2.49. The number of hydrogen-bond donors (Lipinski definition) is 1. The summed E-state index contributed by atoms with van der Waals surface area (Å²) in [5.41, 5.74) is 3.64. The van der Waals surface area contributed by atoms with E-state index in [0.29, 0.717) is 24.9 Å². The molecule has 1 aromatic carbocycles. The van der Waals surface area contributed by atoms with Crippen LogP contribution in [0.2, 0.25) is 0 Å². The fourth-order valence-electron chi connectivity index (χ4n) is 4.13. The lowest BCUT2D eigenvalue weighted by Gasteiger charge is -2.32. The predicted molar refractivity (Wildman–Crippen MR) is 129 cm³/mol. The highest BCUT2D eigenvalue weighted by Crippen LogP contribution is 2.29. The van der Waals surface area contributed by atoms with Gasteiger partial charge in [0.1, 0.15) is 11.0 Å². The van der Waals surface area contributed by atoms with Gasteiger partial charge in [0.25, 0.3) is 0 Å². The summed E-state index contributed by atoms with van der Waals surface area (Å²) in [6.45, 7) is 7.86. The summed E-state index contributed by atoms with van der Waals surface area (Å²) >= 11 is 0. The fourth-order valence-corrected chi connectivity index (χ4v) is 4.13. The van der Waals surface area contributed by atoms with Gasteiger partial charge in [-0.2, -0.15) is 10.1 Å². The van der Waals surface area contributed by atoms with Crippen molar-refractivity contribution >= 4 is 39.6 Å². The maximum absolute atomic E-state index is 12.3. The van der Waals surface area contributed by atoms with Gasteiger partial charge in [0, 0.05) is 37.8 Å². The topological polar surface area (TPSA) is 92.1 Å². The molecule has 0 unspecified atom stereocenters. The van der Waals surface area contributed by atoms with E-state index >= 15 is 0 Å². The van der Waals surface area contributed by atoms with Gasteiger partial charge in [0.05, 0.1) is 24.3 Å². The smallest absolute Gasteiger partial charge is 0.242 e. The maximum atomic E-state index is 12.3. The van der Waals surface area contributed by atoms with E-state index in [1.54, 1.807) is 11.1 Å². The number of rotatable bonds is 5. The summed E-state index contributed by atoms with van der Waals surface area (Å²) < 4.78 is 1.93. The quantitative estimate of drug-likeness (QED) is 0.504. The summed E-state index contributed by atoms with van der Waals surface area (Å²) in [7, 11) is 1.82. The fraction of sp³-hybridized carbons (Fsp3) is 0.375. The molecule has 1 saturated heterocycles. The third-order valence-corrected chi connectivity index (χ3v) is 6.13. The number of nitrogens with zero attached hydrogens (tertiary/aromatic N) is 7. The number of benzene rings is 1. The van der Waals surface area contributed by atoms with Crippen LogP contribution in [0, 0.1) is 0 Å². The monoisotopic (exact) mass is 444 g/mol. The molecule has 9 heteroatoms. The Bertz CT molecular complexity index is 1330. The van der Waals surface area contributed by atoms with Crippen molar-refractivity contribution in [2.24, 2.45) is 0 Å². The molecule has 0 radical (unpaired) electrons. The molecule has 1 aliphatic rings. The molecule has 0 saturated carbocycles. The highest BCUT2D eigenvalue weighted by atomic mass is 16.2. The van der Waals surface area contributed by atoms with Crippen LogP contribution in [-0.2, 0) is 4.79 Å². The summed E-state index contributed by atoms with van der Waals surface area (Å²) in [6, 6.07) is 10.3. The molecule has 3 aromatic heterocycles. The highest BCUT2D eigenvalue weighted by molar-refractivity contribution is 5.88.